The molecule has 0 heterocycles. The fraction of sp³-hybridized carbons (Fsp3) is 0.250. The first kappa shape index (κ1) is 14.8. The molecule has 0 amide bonds. The van der Waals surface area contributed by atoms with Crippen molar-refractivity contribution in [3.05, 3.63) is 64.4 Å². The van der Waals surface area contributed by atoms with E-state index in [4.69, 9.17) is 16.3 Å². The molecule has 2 rings (SSSR count). The van der Waals surface area contributed by atoms with Gasteiger partial charge in [0, 0.05) is 16.6 Å². The van der Waals surface area contributed by atoms with Crippen molar-refractivity contribution in [3.8, 4) is 5.75 Å². The molecule has 0 radical (unpaired) electrons. The lowest BCUT2D eigenvalue weighted by atomic mass is 9.98. The fourth-order valence-electron chi connectivity index (χ4n) is 2.15. The molecule has 1 unspecified atom stereocenters. The topological polar surface area (TPSA) is 21.3 Å². The number of hydrogen-bond donors (Lipinski definition) is 1. The van der Waals surface area contributed by atoms with Gasteiger partial charge in [0.15, 0.2) is 0 Å². The monoisotopic (exact) mass is 293 g/mol. The summed E-state index contributed by atoms with van der Waals surface area (Å²) < 4.78 is 19.1. The number of likely N-dealkylation sites (N-methyl/N-ethyl adjacent to an activating group) is 1. The second-order valence-electron chi connectivity index (χ2n) is 4.56. The Morgan fingerprint density at radius 3 is 2.45 bits per heavy atom. The Hall–Kier alpha value is -1.58. The van der Waals surface area contributed by atoms with Crippen LogP contribution in [-0.4, -0.2) is 14.2 Å². The van der Waals surface area contributed by atoms with Crippen LogP contribution in [0, 0.1) is 5.82 Å². The third kappa shape index (κ3) is 3.50. The van der Waals surface area contributed by atoms with E-state index in [1.165, 1.54) is 6.07 Å². The lowest BCUT2D eigenvalue weighted by Gasteiger charge is -2.18. The van der Waals surface area contributed by atoms with Gasteiger partial charge in [0.25, 0.3) is 0 Å². The van der Waals surface area contributed by atoms with Gasteiger partial charge in [-0.1, -0.05) is 29.8 Å². The number of benzene rings is 2. The average molecular weight is 294 g/mol. The molecule has 106 valence electrons. The zero-order valence-electron chi connectivity index (χ0n) is 11.5. The molecule has 0 bridgehead atoms. The molecule has 0 saturated carbocycles. The van der Waals surface area contributed by atoms with Crippen molar-refractivity contribution in [1.82, 2.24) is 5.32 Å². The molecule has 0 aliphatic rings. The molecule has 20 heavy (non-hydrogen) atoms. The summed E-state index contributed by atoms with van der Waals surface area (Å²) in [5.74, 6) is 0.526. The third-order valence-corrected chi connectivity index (χ3v) is 3.52. The Morgan fingerprint density at radius 2 is 1.90 bits per heavy atom. The van der Waals surface area contributed by atoms with Gasteiger partial charge in [-0.25, -0.2) is 4.39 Å². The summed E-state index contributed by atoms with van der Waals surface area (Å²) >= 11 is 5.78. The molecular formula is C16H17ClFNO. The molecular weight excluding hydrogens is 277 g/mol. The van der Waals surface area contributed by atoms with E-state index in [1.54, 1.807) is 19.2 Å². The van der Waals surface area contributed by atoms with Crippen LogP contribution < -0.4 is 10.1 Å². The molecule has 1 N–H and O–H groups in total. The molecule has 0 saturated heterocycles. The molecule has 0 fully saturated rings. The predicted molar refractivity (Wildman–Crippen MR) is 79.9 cm³/mol. The van der Waals surface area contributed by atoms with Crippen LogP contribution in [0.1, 0.15) is 17.2 Å². The normalized spacial score (nSPS) is 12.2. The summed E-state index contributed by atoms with van der Waals surface area (Å²) in [5.41, 5.74) is 1.73. The maximum absolute atomic E-state index is 14.0. The second kappa shape index (κ2) is 6.73. The molecule has 2 nitrogen and oxygen atoms in total. The minimum atomic E-state index is -0.287. The maximum atomic E-state index is 14.0. The van der Waals surface area contributed by atoms with Gasteiger partial charge in [0.05, 0.1) is 7.11 Å². The molecule has 4 heteroatoms. The molecule has 0 aliphatic carbocycles. The fourth-order valence-corrected chi connectivity index (χ4v) is 2.31. The van der Waals surface area contributed by atoms with Gasteiger partial charge in [-0.05, 0) is 43.3 Å². The number of nitrogens with one attached hydrogen (secondary N) is 1. The summed E-state index contributed by atoms with van der Waals surface area (Å²) in [5, 5.41) is 3.55. The lowest BCUT2D eigenvalue weighted by molar-refractivity contribution is 0.414. The highest BCUT2D eigenvalue weighted by Crippen LogP contribution is 2.24. The number of ether oxygens (including phenoxy) is 1. The van der Waals surface area contributed by atoms with Crippen molar-refractivity contribution in [1.29, 1.82) is 0 Å². The van der Waals surface area contributed by atoms with Crippen molar-refractivity contribution in [3.63, 3.8) is 0 Å². The van der Waals surface area contributed by atoms with Crippen molar-refractivity contribution in [2.45, 2.75) is 12.5 Å². The van der Waals surface area contributed by atoms with E-state index in [-0.39, 0.29) is 11.9 Å². The molecule has 2 aromatic carbocycles. The first-order chi connectivity index (χ1) is 9.63. The van der Waals surface area contributed by atoms with Crippen LogP contribution in [0.5, 0.6) is 5.75 Å². The quantitative estimate of drug-likeness (QED) is 0.900. The zero-order chi connectivity index (χ0) is 14.5. The highest BCUT2D eigenvalue weighted by molar-refractivity contribution is 6.30. The number of halogens is 2. The predicted octanol–water partition coefficient (Wildman–Crippen LogP) is 3.99. The highest BCUT2D eigenvalue weighted by Gasteiger charge is 2.15. The molecule has 0 spiro atoms. The summed E-state index contributed by atoms with van der Waals surface area (Å²) in [6.07, 6.45) is 0.693. The van der Waals surface area contributed by atoms with Crippen molar-refractivity contribution >= 4 is 11.6 Å². The summed E-state index contributed by atoms with van der Waals surface area (Å²) in [7, 11) is 3.46. The van der Waals surface area contributed by atoms with Crippen LogP contribution in [0.3, 0.4) is 0 Å². The largest absolute Gasteiger partial charge is 0.497 e. The van der Waals surface area contributed by atoms with Gasteiger partial charge >= 0.3 is 0 Å². The third-order valence-electron chi connectivity index (χ3n) is 3.29. The number of methoxy groups -OCH3 is 1. The van der Waals surface area contributed by atoms with Gasteiger partial charge in [0.2, 0.25) is 0 Å². The van der Waals surface area contributed by atoms with Gasteiger partial charge in [-0.3, -0.25) is 0 Å². The second-order valence-corrected chi connectivity index (χ2v) is 5.00. The van der Waals surface area contributed by atoms with E-state index in [9.17, 15) is 4.39 Å². The molecule has 0 aromatic heterocycles. The Morgan fingerprint density at radius 1 is 1.20 bits per heavy atom. The first-order valence-electron chi connectivity index (χ1n) is 6.39. The van der Waals surface area contributed by atoms with E-state index in [0.29, 0.717) is 17.0 Å². The Labute approximate surface area is 123 Å². The van der Waals surface area contributed by atoms with Crippen LogP contribution in [-0.2, 0) is 6.42 Å². The standard InChI is InChI=1S/C16H17ClFNO/c1-19-16(14-8-5-12(17)10-15(14)18)9-11-3-6-13(20-2)7-4-11/h3-8,10,16,19H,9H2,1-2H3. The molecule has 2 aromatic rings. The van der Waals surface area contributed by atoms with Crippen molar-refractivity contribution < 1.29 is 9.13 Å². The van der Waals surface area contributed by atoms with E-state index in [0.717, 1.165) is 11.3 Å². The van der Waals surface area contributed by atoms with Gasteiger partial charge in [-0.2, -0.15) is 0 Å². The van der Waals surface area contributed by atoms with Gasteiger partial charge in [0.1, 0.15) is 11.6 Å². The van der Waals surface area contributed by atoms with E-state index in [2.05, 4.69) is 5.32 Å². The van der Waals surface area contributed by atoms with Crippen LogP contribution in [0.2, 0.25) is 5.02 Å². The van der Waals surface area contributed by atoms with Crippen LogP contribution in [0.4, 0.5) is 4.39 Å². The van der Waals surface area contributed by atoms with Crippen LogP contribution in [0.25, 0.3) is 0 Å². The molecule has 0 aliphatic heterocycles. The zero-order valence-corrected chi connectivity index (χ0v) is 12.2. The van der Waals surface area contributed by atoms with Gasteiger partial charge < -0.3 is 10.1 Å². The number of hydrogen-bond acceptors (Lipinski definition) is 2. The highest BCUT2D eigenvalue weighted by atomic mass is 35.5. The van der Waals surface area contributed by atoms with E-state index in [1.807, 2.05) is 31.3 Å². The van der Waals surface area contributed by atoms with Crippen LogP contribution in [0.15, 0.2) is 42.5 Å². The Balaban J connectivity index is 2.19. The minimum absolute atomic E-state index is 0.0966. The Kier molecular flexibility index (Phi) is 4.99. The average Bonchev–Trinajstić information content (AvgIpc) is 2.46. The Bertz CT molecular complexity index is 571. The summed E-state index contributed by atoms with van der Waals surface area (Å²) in [6.45, 7) is 0. The van der Waals surface area contributed by atoms with Crippen LogP contribution >= 0.6 is 11.6 Å². The SMILES string of the molecule is CNC(Cc1ccc(OC)cc1)c1ccc(Cl)cc1F. The molecule has 1 atom stereocenters. The van der Waals surface area contributed by atoms with E-state index >= 15 is 0 Å². The summed E-state index contributed by atoms with van der Waals surface area (Å²) in [4.78, 5) is 0. The van der Waals surface area contributed by atoms with Gasteiger partial charge in [-0.15, -0.1) is 0 Å². The smallest absolute Gasteiger partial charge is 0.129 e. The van der Waals surface area contributed by atoms with E-state index < -0.39 is 0 Å². The van der Waals surface area contributed by atoms with Crippen molar-refractivity contribution in [2.24, 2.45) is 0 Å². The maximum Gasteiger partial charge on any atom is 0.129 e. The minimum Gasteiger partial charge on any atom is -0.497 e. The van der Waals surface area contributed by atoms with Crippen molar-refractivity contribution in [2.75, 3.05) is 14.2 Å². The lowest BCUT2D eigenvalue weighted by Crippen LogP contribution is -2.20. The number of rotatable bonds is 5. The first-order valence-corrected chi connectivity index (χ1v) is 6.77. The summed E-state index contributed by atoms with van der Waals surface area (Å²) in [6, 6.07) is 12.4.